The van der Waals surface area contributed by atoms with E-state index in [1.807, 2.05) is 68.4 Å². The van der Waals surface area contributed by atoms with Crippen molar-refractivity contribution in [3.63, 3.8) is 0 Å². The molecule has 1 amide bonds. The SMILES string of the molecule is Cc1ccccc1-n1ncc(C(=O)NC(CCO)c2ccccc2)c1C. The molecule has 1 unspecified atom stereocenters. The standard InChI is InChI=1S/C21H23N3O2/c1-15-8-6-7-11-20(15)24-16(2)18(14-22-24)21(26)23-19(12-13-25)17-9-4-3-5-10-17/h3-11,14,19,25H,12-13H2,1-2H3,(H,23,26). The number of aliphatic hydroxyl groups is 1. The van der Waals surface area contributed by atoms with Gasteiger partial charge in [0, 0.05) is 6.61 Å². The fourth-order valence-electron chi connectivity index (χ4n) is 3.05. The molecule has 5 nitrogen and oxygen atoms in total. The van der Waals surface area contributed by atoms with Gasteiger partial charge >= 0.3 is 0 Å². The Morgan fingerprint density at radius 1 is 1.12 bits per heavy atom. The number of carbonyl (C=O) groups is 1. The van der Waals surface area contributed by atoms with E-state index >= 15 is 0 Å². The molecule has 2 N–H and O–H groups in total. The van der Waals surface area contributed by atoms with Crippen molar-refractivity contribution in [2.24, 2.45) is 0 Å². The van der Waals surface area contributed by atoms with Gasteiger partial charge in [0.25, 0.3) is 5.91 Å². The highest BCUT2D eigenvalue weighted by atomic mass is 16.3. The Bertz CT molecular complexity index is 887. The average Bonchev–Trinajstić information content (AvgIpc) is 3.04. The minimum Gasteiger partial charge on any atom is -0.396 e. The molecule has 0 aliphatic rings. The lowest BCUT2D eigenvalue weighted by atomic mass is 10.0. The van der Waals surface area contributed by atoms with Crippen molar-refractivity contribution in [2.75, 3.05) is 6.61 Å². The third-order valence-corrected chi connectivity index (χ3v) is 4.52. The Morgan fingerprint density at radius 3 is 2.50 bits per heavy atom. The zero-order valence-corrected chi connectivity index (χ0v) is 15.0. The topological polar surface area (TPSA) is 67.2 Å². The van der Waals surface area contributed by atoms with E-state index < -0.39 is 0 Å². The van der Waals surface area contributed by atoms with Gasteiger partial charge in [-0.25, -0.2) is 4.68 Å². The molecule has 1 heterocycles. The third-order valence-electron chi connectivity index (χ3n) is 4.52. The van der Waals surface area contributed by atoms with E-state index in [1.165, 1.54) is 0 Å². The van der Waals surface area contributed by atoms with Crippen LogP contribution in [0.5, 0.6) is 0 Å². The normalized spacial score (nSPS) is 12.0. The molecule has 0 aliphatic carbocycles. The van der Waals surface area contributed by atoms with E-state index in [4.69, 9.17) is 0 Å². The Morgan fingerprint density at radius 2 is 1.81 bits per heavy atom. The van der Waals surface area contributed by atoms with E-state index in [9.17, 15) is 9.90 Å². The van der Waals surface area contributed by atoms with E-state index in [-0.39, 0.29) is 18.6 Å². The molecule has 0 fully saturated rings. The Hall–Kier alpha value is -2.92. The molecule has 0 bridgehead atoms. The molecule has 1 atom stereocenters. The fourth-order valence-corrected chi connectivity index (χ4v) is 3.05. The van der Waals surface area contributed by atoms with Crippen molar-refractivity contribution >= 4 is 5.91 Å². The van der Waals surface area contributed by atoms with E-state index in [1.54, 1.807) is 10.9 Å². The number of hydrogen-bond donors (Lipinski definition) is 2. The molecule has 0 aliphatic heterocycles. The lowest BCUT2D eigenvalue weighted by molar-refractivity contribution is 0.0929. The van der Waals surface area contributed by atoms with Crippen LogP contribution in [-0.2, 0) is 0 Å². The van der Waals surface area contributed by atoms with Crippen LogP contribution < -0.4 is 5.32 Å². The number of para-hydroxylation sites is 1. The van der Waals surface area contributed by atoms with Gasteiger partial charge in [0.2, 0.25) is 0 Å². The summed E-state index contributed by atoms with van der Waals surface area (Å²) in [6.45, 7) is 3.90. The number of aryl methyl sites for hydroxylation is 1. The van der Waals surface area contributed by atoms with Crippen molar-refractivity contribution in [1.82, 2.24) is 15.1 Å². The molecule has 2 aromatic carbocycles. The van der Waals surface area contributed by atoms with Crippen molar-refractivity contribution in [3.8, 4) is 5.69 Å². The minimum absolute atomic E-state index is 0.00128. The van der Waals surface area contributed by atoms with Gasteiger partial charge in [0.15, 0.2) is 0 Å². The van der Waals surface area contributed by atoms with Gasteiger partial charge in [-0.05, 0) is 37.5 Å². The maximum Gasteiger partial charge on any atom is 0.255 e. The number of rotatable bonds is 6. The Balaban J connectivity index is 1.85. The molecular formula is C21H23N3O2. The van der Waals surface area contributed by atoms with Crippen LogP contribution in [0.4, 0.5) is 0 Å². The molecule has 0 saturated heterocycles. The molecule has 134 valence electrons. The lowest BCUT2D eigenvalue weighted by Gasteiger charge is -2.18. The molecule has 1 aromatic heterocycles. The van der Waals surface area contributed by atoms with E-state index in [2.05, 4.69) is 10.4 Å². The quantitative estimate of drug-likeness (QED) is 0.717. The molecular weight excluding hydrogens is 326 g/mol. The van der Waals surface area contributed by atoms with Crippen LogP contribution in [0, 0.1) is 13.8 Å². The number of nitrogens with one attached hydrogen (secondary N) is 1. The zero-order valence-electron chi connectivity index (χ0n) is 15.0. The van der Waals surface area contributed by atoms with Crippen LogP contribution in [0.2, 0.25) is 0 Å². The summed E-state index contributed by atoms with van der Waals surface area (Å²) in [5.74, 6) is -0.190. The summed E-state index contributed by atoms with van der Waals surface area (Å²) in [4.78, 5) is 12.8. The van der Waals surface area contributed by atoms with Gasteiger partial charge in [-0.2, -0.15) is 5.10 Å². The third kappa shape index (κ3) is 3.68. The molecule has 0 spiro atoms. The van der Waals surface area contributed by atoms with Crippen LogP contribution in [-0.4, -0.2) is 27.4 Å². The highest BCUT2D eigenvalue weighted by Gasteiger charge is 2.20. The monoisotopic (exact) mass is 349 g/mol. The number of amides is 1. The summed E-state index contributed by atoms with van der Waals surface area (Å²) in [5.41, 5.74) is 4.34. The summed E-state index contributed by atoms with van der Waals surface area (Å²) in [7, 11) is 0. The summed E-state index contributed by atoms with van der Waals surface area (Å²) in [5, 5.41) is 16.8. The molecule has 3 aromatic rings. The number of benzene rings is 2. The second kappa shape index (κ2) is 7.97. The maximum atomic E-state index is 12.8. The second-order valence-electron chi connectivity index (χ2n) is 6.29. The number of carbonyl (C=O) groups excluding carboxylic acids is 1. The van der Waals surface area contributed by atoms with Gasteiger partial charge in [-0.3, -0.25) is 4.79 Å². The fraction of sp³-hybridized carbons (Fsp3) is 0.238. The van der Waals surface area contributed by atoms with Crippen molar-refractivity contribution in [3.05, 3.63) is 83.2 Å². The smallest absolute Gasteiger partial charge is 0.255 e. The van der Waals surface area contributed by atoms with Gasteiger partial charge in [-0.15, -0.1) is 0 Å². The van der Waals surface area contributed by atoms with Gasteiger partial charge < -0.3 is 10.4 Å². The second-order valence-corrected chi connectivity index (χ2v) is 6.29. The number of nitrogens with zero attached hydrogens (tertiary/aromatic N) is 2. The predicted molar refractivity (Wildman–Crippen MR) is 101 cm³/mol. The largest absolute Gasteiger partial charge is 0.396 e. The lowest BCUT2D eigenvalue weighted by Crippen LogP contribution is -2.29. The molecule has 5 heteroatoms. The minimum atomic E-state index is -0.241. The molecule has 0 saturated carbocycles. The highest BCUT2D eigenvalue weighted by molar-refractivity contribution is 5.95. The van der Waals surface area contributed by atoms with Gasteiger partial charge in [-0.1, -0.05) is 48.5 Å². The summed E-state index contributed by atoms with van der Waals surface area (Å²) in [6.07, 6.45) is 2.05. The van der Waals surface area contributed by atoms with Crippen LogP contribution in [0.1, 0.15) is 39.6 Å². The zero-order chi connectivity index (χ0) is 18.5. The predicted octanol–water partition coefficient (Wildman–Crippen LogP) is 3.34. The van der Waals surface area contributed by atoms with Crippen molar-refractivity contribution in [1.29, 1.82) is 0 Å². The van der Waals surface area contributed by atoms with Gasteiger partial charge in [0.05, 0.1) is 29.2 Å². The summed E-state index contributed by atoms with van der Waals surface area (Å²) >= 11 is 0. The number of hydrogen-bond acceptors (Lipinski definition) is 3. The molecule has 3 rings (SSSR count). The van der Waals surface area contributed by atoms with Crippen LogP contribution in [0.3, 0.4) is 0 Å². The Labute approximate surface area is 153 Å². The van der Waals surface area contributed by atoms with E-state index in [0.717, 1.165) is 22.5 Å². The number of aliphatic hydroxyl groups excluding tert-OH is 1. The highest BCUT2D eigenvalue weighted by Crippen LogP contribution is 2.20. The summed E-state index contributed by atoms with van der Waals surface area (Å²) in [6, 6.07) is 17.4. The first-order chi connectivity index (χ1) is 12.6. The first-order valence-corrected chi connectivity index (χ1v) is 8.69. The van der Waals surface area contributed by atoms with Crippen LogP contribution in [0.25, 0.3) is 5.69 Å². The summed E-state index contributed by atoms with van der Waals surface area (Å²) < 4.78 is 1.79. The van der Waals surface area contributed by atoms with Crippen molar-refractivity contribution < 1.29 is 9.90 Å². The molecule has 0 radical (unpaired) electrons. The average molecular weight is 349 g/mol. The van der Waals surface area contributed by atoms with Crippen LogP contribution >= 0.6 is 0 Å². The Kier molecular flexibility index (Phi) is 5.49. The molecule has 26 heavy (non-hydrogen) atoms. The first kappa shape index (κ1) is 17.9. The van der Waals surface area contributed by atoms with E-state index in [0.29, 0.717) is 12.0 Å². The number of aromatic nitrogens is 2. The van der Waals surface area contributed by atoms with Gasteiger partial charge in [0.1, 0.15) is 0 Å². The van der Waals surface area contributed by atoms with Crippen LogP contribution in [0.15, 0.2) is 60.8 Å². The van der Waals surface area contributed by atoms with Crippen molar-refractivity contribution in [2.45, 2.75) is 26.3 Å². The maximum absolute atomic E-state index is 12.8. The first-order valence-electron chi connectivity index (χ1n) is 8.69.